The Morgan fingerprint density at radius 2 is 2.45 bits per heavy atom. The maximum Gasteiger partial charge on any atom is 0.168 e. The molecule has 1 unspecified atom stereocenters. The van der Waals surface area contributed by atoms with E-state index in [4.69, 9.17) is 15.7 Å². The average Bonchev–Trinajstić information content (AvgIpc) is 2.81. The highest BCUT2D eigenvalue weighted by Gasteiger charge is 2.22. The van der Waals surface area contributed by atoms with Gasteiger partial charge in [0.15, 0.2) is 5.84 Å². The van der Waals surface area contributed by atoms with Gasteiger partial charge in [-0.2, -0.15) is 0 Å². The summed E-state index contributed by atoms with van der Waals surface area (Å²) < 4.78 is 5.30. The molecule has 0 radical (unpaired) electrons. The summed E-state index contributed by atoms with van der Waals surface area (Å²) in [6.07, 6.45) is 2.24. The molecule has 1 saturated carbocycles. The maximum atomic E-state index is 8.27. The van der Waals surface area contributed by atoms with Crippen LogP contribution in [0.5, 0.6) is 0 Å². The van der Waals surface area contributed by atoms with Crippen LogP contribution < -0.4 is 5.73 Å². The first-order valence-corrected chi connectivity index (χ1v) is 3.83. The fourth-order valence-corrected chi connectivity index (χ4v) is 0.732. The summed E-state index contributed by atoms with van der Waals surface area (Å²) in [4.78, 5) is 0. The Bertz CT molecular complexity index is 155. The second kappa shape index (κ2) is 3.57. The first-order valence-electron chi connectivity index (χ1n) is 3.83. The lowest BCUT2D eigenvalue weighted by Crippen LogP contribution is -2.29. The third-order valence-corrected chi connectivity index (χ3v) is 1.81. The lowest BCUT2D eigenvalue weighted by molar-refractivity contribution is 0.0971. The fourth-order valence-electron chi connectivity index (χ4n) is 0.732. The van der Waals surface area contributed by atoms with Gasteiger partial charge in [0.2, 0.25) is 0 Å². The smallest absolute Gasteiger partial charge is 0.168 e. The van der Waals surface area contributed by atoms with Crippen LogP contribution in [0.2, 0.25) is 0 Å². The molecule has 1 atom stereocenters. The minimum absolute atomic E-state index is 0.144. The molecule has 1 fully saturated rings. The van der Waals surface area contributed by atoms with E-state index in [-0.39, 0.29) is 11.9 Å². The molecule has 4 heteroatoms. The minimum Gasteiger partial charge on any atom is -0.409 e. The van der Waals surface area contributed by atoms with Crippen molar-refractivity contribution in [2.75, 3.05) is 6.61 Å². The number of nitrogens with two attached hydrogens (primary N) is 1. The lowest BCUT2D eigenvalue weighted by Gasteiger charge is -2.09. The van der Waals surface area contributed by atoms with Crippen molar-refractivity contribution in [3.05, 3.63) is 0 Å². The van der Waals surface area contributed by atoms with Gasteiger partial charge in [-0.15, -0.1) is 0 Å². The highest BCUT2D eigenvalue weighted by atomic mass is 16.5. The topological polar surface area (TPSA) is 67.8 Å². The molecule has 0 spiro atoms. The van der Waals surface area contributed by atoms with E-state index in [2.05, 4.69) is 5.16 Å². The van der Waals surface area contributed by atoms with Gasteiger partial charge in [-0.3, -0.25) is 0 Å². The molecule has 1 rings (SSSR count). The molecular weight excluding hydrogens is 144 g/mol. The zero-order chi connectivity index (χ0) is 8.27. The number of rotatable bonds is 4. The van der Waals surface area contributed by atoms with Crippen molar-refractivity contribution >= 4 is 5.84 Å². The largest absolute Gasteiger partial charge is 0.409 e. The molecule has 4 nitrogen and oxygen atoms in total. The third kappa shape index (κ3) is 2.76. The number of oxime groups is 1. The van der Waals surface area contributed by atoms with Gasteiger partial charge >= 0.3 is 0 Å². The molecule has 0 aromatic rings. The summed E-state index contributed by atoms with van der Waals surface area (Å²) in [5.41, 5.74) is 5.30. The third-order valence-electron chi connectivity index (χ3n) is 1.81. The summed E-state index contributed by atoms with van der Waals surface area (Å²) in [6, 6.07) is 0. The Balaban J connectivity index is 2.13. The molecule has 0 bridgehead atoms. The van der Waals surface area contributed by atoms with E-state index in [1.54, 1.807) is 6.92 Å². The Labute approximate surface area is 66.0 Å². The summed E-state index contributed by atoms with van der Waals surface area (Å²) in [7, 11) is 0. The molecule has 0 heterocycles. The van der Waals surface area contributed by atoms with Crippen LogP contribution >= 0.6 is 0 Å². The quantitative estimate of drug-likeness (QED) is 0.272. The summed E-state index contributed by atoms with van der Waals surface area (Å²) in [5.74, 6) is 0.856. The van der Waals surface area contributed by atoms with Crippen molar-refractivity contribution in [1.29, 1.82) is 0 Å². The molecule has 0 aliphatic heterocycles. The second-order valence-corrected chi connectivity index (χ2v) is 2.94. The van der Waals surface area contributed by atoms with Gasteiger partial charge in [0.05, 0.1) is 6.61 Å². The second-order valence-electron chi connectivity index (χ2n) is 2.94. The van der Waals surface area contributed by atoms with E-state index < -0.39 is 0 Å². The normalized spacial score (nSPS) is 21.7. The van der Waals surface area contributed by atoms with Gasteiger partial charge in [-0.1, -0.05) is 5.16 Å². The van der Waals surface area contributed by atoms with Crippen molar-refractivity contribution in [3.63, 3.8) is 0 Å². The Kier molecular flexibility index (Phi) is 2.70. The molecule has 0 aromatic carbocycles. The molecule has 1 aliphatic rings. The molecule has 1 aliphatic carbocycles. The van der Waals surface area contributed by atoms with E-state index in [9.17, 15) is 0 Å². The van der Waals surface area contributed by atoms with Gasteiger partial charge < -0.3 is 15.7 Å². The van der Waals surface area contributed by atoms with E-state index in [1.165, 1.54) is 12.8 Å². The van der Waals surface area contributed by atoms with E-state index in [1.807, 2.05) is 0 Å². The Morgan fingerprint density at radius 1 is 1.82 bits per heavy atom. The van der Waals surface area contributed by atoms with E-state index in [0.29, 0.717) is 5.92 Å². The highest BCUT2D eigenvalue weighted by Crippen LogP contribution is 2.29. The van der Waals surface area contributed by atoms with Crippen LogP contribution in [0.25, 0.3) is 0 Å². The lowest BCUT2D eigenvalue weighted by atomic mass is 10.3. The van der Waals surface area contributed by atoms with Gasteiger partial charge in [0.25, 0.3) is 0 Å². The van der Waals surface area contributed by atoms with Crippen LogP contribution in [0.4, 0.5) is 0 Å². The fraction of sp³-hybridized carbons (Fsp3) is 0.857. The van der Waals surface area contributed by atoms with Crippen LogP contribution in [-0.4, -0.2) is 23.8 Å². The maximum absolute atomic E-state index is 8.27. The van der Waals surface area contributed by atoms with Crippen molar-refractivity contribution < 1.29 is 9.94 Å². The number of ether oxygens (including phenoxy) is 1. The number of hydrogen-bond acceptors (Lipinski definition) is 3. The first-order chi connectivity index (χ1) is 5.24. The molecule has 11 heavy (non-hydrogen) atoms. The molecule has 0 saturated heterocycles. The Morgan fingerprint density at radius 3 is 2.91 bits per heavy atom. The summed E-state index contributed by atoms with van der Waals surface area (Å²) in [6.45, 7) is 2.51. The standard InChI is InChI=1S/C7H14N2O2/c1-5(7(8)9-10)11-4-6-2-3-6/h5-6,10H,2-4H2,1H3,(H2,8,9). The van der Waals surface area contributed by atoms with Crippen LogP contribution in [0.15, 0.2) is 5.16 Å². The summed E-state index contributed by atoms with van der Waals surface area (Å²) in [5, 5.41) is 11.1. The number of hydrogen-bond donors (Lipinski definition) is 2. The van der Waals surface area contributed by atoms with Gasteiger partial charge in [0, 0.05) is 0 Å². The molecular formula is C7H14N2O2. The molecule has 0 aromatic heterocycles. The van der Waals surface area contributed by atoms with Gasteiger partial charge in [0.1, 0.15) is 6.10 Å². The number of nitrogens with zero attached hydrogens (tertiary/aromatic N) is 1. The van der Waals surface area contributed by atoms with Crippen molar-refractivity contribution in [3.8, 4) is 0 Å². The van der Waals surface area contributed by atoms with Crippen LogP contribution in [0, 0.1) is 5.92 Å². The highest BCUT2D eigenvalue weighted by molar-refractivity contribution is 5.83. The zero-order valence-corrected chi connectivity index (χ0v) is 6.66. The Hall–Kier alpha value is -0.770. The van der Waals surface area contributed by atoms with Crippen LogP contribution in [0.3, 0.4) is 0 Å². The molecule has 0 amide bonds. The van der Waals surface area contributed by atoms with Crippen LogP contribution in [-0.2, 0) is 4.74 Å². The monoisotopic (exact) mass is 158 g/mol. The van der Waals surface area contributed by atoms with Crippen molar-refractivity contribution in [1.82, 2.24) is 0 Å². The van der Waals surface area contributed by atoms with E-state index in [0.717, 1.165) is 6.61 Å². The molecule has 3 N–H and O–H groups in total. The van der Waals surface area contributed by atoms with Crippen molar-refractivity contribution in [2.45, 2.75) is 25.9 Å². The predicted molar refractivity (Wildman–Crippen MR) is 41.5 cm³/mol. The zero-order valence-electron chi connectivity index (χ0n) is 6.66. The minimum atomic E-state index is -0.263. The number of amidine groups is 1. The van der Waals surface area contributed by atoms with E-state index >= 15 is 0 Å². The molecule has 64 valence electrons. The SMILES string of the molecule is CC(OCC1CC1)C(N)=NO. The summed E-state index contributed by atoms with van der Waals surface area (Å²) >= 11 is 0. The van der Waals surface area contributed by atoms with Crippen LogP contribution in [0.1, 0.15) is 19.8 Å². The van der Waals surface area contributed by atoms with Gasteiger partial charge in [-0.25, -0.2) is 0 Å². The van der Waals surface area contributed by atoms with Gasteiger partial charge in [-0.05, 0) is 25.7 Å². The first kappa shape index (κ1) is 8.33. The van der Waals surface area contributed by atoms with Crippen molar-refractivity contribution in [2.24, 2.45) is 16.8 Å². The average molecular weight is 158 g/mol. The predicted octanol–water partition coefficient (Wildman–Crippen LogP) is 0.548.